The maximum Gasteiger partial charge on any atom is 0.416 e. The molecule has 0 aliphatic heterocycles. The van der Waals surface area contributed by atoms with Crippen LogP contribution in [0.1, 0.15) is 32.0 Å². The van der Waals surface area contributed by atoms with Gasteiger partial charge in [0.2, 0.25) is 0 Å². The lowest BCUT2D eigenvalue weighted by Crippen LogP contribution is -2.19. The minimum Gasteiger partial charge on any atom is -0.422 e. The Morgan fingerprint density at radius 2 is 1.65 bits per heavy atom. The molecule has 4 aromatic carbocycles. The number of H-pyrrole nitrogens is 1. The van der Waals surface area contributed by atoms with Crippen molar-refractivity contribution in [3.63, 3.8) is 0 Å². The zero-order valence-electron chi connectivity index (χ0n) is 20.5. The van der Waals surface area contributed by atoms with Gasteiger partial charge < -0.3 is 9.72 Å². The van der Waals surface area contributed by atoms with Crippen molar-refractivity contribution < 1.29 is 27.5 Å². The standard InChI is InChI=1S/C30H19BrF3N3O3/c31-22-13-14-25(40-29(39)19-9-6-10-21(15-19)30(32,33)34)20(16-22)17-35-37-28(38)27-26(18-7-2-1-3-8-18)23-11-4-5-12-24(23)36-27/h1-17,36H,(H,37,38). The van der Waals surface area contributed by atoms with Crippen LogP contribution in [-0.2, 0) is 6.18 Å². The number of nitrogens with one attached hydrogen (secondary N) is 2. The molecule has 1 amide bonds. The van der Waals surface area contributed by atoms with E-state index in [4.69, 9.17) is 4.74 Å². The molecule has 1 aromatic heterocycles. The Kier molecular flexibility index (Phi) is 7.52. The number of amides is 1. The van der Waals surface area contributed by atoms with Crippen molar-refractivity contribution in [2.75, 3.05) is 0 Å². The predicted molar refractivity (Wildman–Crippen MR) is 149 cm³/mol. The summed E-state index contributed by atoms with van der Waals surface area (Å²) in [5.74, 6) is -1.43. The minimum absolute atomic E-state index is 0.0409. The van der Waals surface area contributed by atoms with E-state index >= 15 is 0 Å². The molecule has 0 fully saturated rings. The number of hydrogen-bond acceptors (Lipinski definition) is 4. The van der Waals surface area contributed by atoms with E-state index in [1.54, 1.807) is 12.1 Å². The number of benzene rings is 4. The van der Waals surface area contributed by atoms with Crippen LogP contribution in [-0.4, -0.2) is 23.1 Å². The summed E-state index contributed by atoms with van der Waals surface area (Å²) in [6, 6.07) is 25.6. The van der Waals surface area contributed by atoms with Crippen molar-refractivity contribution >= 4 is 44.9 Å². The summed E-state index contributed by atoms with van der Waals surface area (Å²) >= 11 is 3.33. The quantitative estimate of drug-likeness (QED) is 0.0904. The average Bonchev–Trinajstić information content (AvgIpc) is 3.34. The Labute approximate surface area is 234 Å². The highest BCUT2D eigenvalue weighted by Gasteiger charge is 2.31. The number of carbonyl (C=O) groups excluding carboxylic acids is 2. The minimum atomic E-state index is -4.60. The van der Waals surface area contributed by atoms with Crippen LogP contribution < -0.4 is 10.2 Å². The highest BCUT2D eigenvalue weighted by molar-refractivity contribution is 9.10. The third kappa shape index (κ3) is 5.81. The molecule has 10 heteroatoms. The van der Waals surface area contributed by atoms with E-state index in [1.165, 1.54) is 18.3 Å². The molecule has 0 atom stereocenters. The lowest BCUT2D eigenvalue weighted by molar-refractivity contribution is -0.137. The fraction of sp³-hybridized carbons (Fsp3) is 0.0333. The van der Waals surface area contributed by atoms with Crippen molar-refractivity contribution in [3.05, 3.63) is 124 Å². The number of rotatable bonds is 6. The summed E-state index contributed by atoms with van der Waals surface area (Å²) in [4.78, 5) is 29.0. The Hall–Kier alpha value is -4.70. The highest BCUT2D eigenvalue weighted by atomic mass is 79.9. The summed E-state index contributed by atoms with van der Waals surface area (Å²) in [6.07, 6.45) is -3.32. The number of hydrogen-bond donors (Lipinski definition) is 2. The average molecular weight is 606 g/mol. The Bertz CT molecular complexity index is 1750. The van der Waals surface area contributed by atoms with E-state index in [2.05, 4.69) is 31.4 Å². The van der Waals surface area contributed by atoms with Crippen LogP contribution in [0, 0.1) is 0 Å². The molecule has 2 N–H and O–H groups in total. The maximum absolute atomic E-state index is 13.2. The second kappa shape index (κ2) is 11.2. The van der Waals surface area contributed by atoms with Crippen molar-refractivity contribution in [3.8, 4) is 16.9 Å². The zero-order chi connectivity index (χ0) is 28.3. The van der Waals surface area contributed by atoms with Crippen LogP contribution in [0.25, 0.3) is 22.0 Å². The molecule has 0 aliphatic rings. The summed E-state index contributed by atoms with van der Waals surface area (Å²) in [5.41, 5.74) is 4.24. The number of esters is 1. The normalized spacial score (nSPS) is 11.6. The van der Waals surface area contributed by atoms with Crippen molar-refractivity contribution in [1.29, 1.82) is 0 Å². The molecular weight excluding hydrogens is 587 g/mol. The van der Waals surface area contributed by atoms with Gasteiger partial charge >= 0.3 is 12.1 Å². The van der Waals surface area contributed by atoms with E-state index in [9.17, 15) is 22.8 Å². The van der Waals surface area contributed by atoms with E-state index < -0.39 is 23.6 Å². The van der Waals surface area contributed by atoms with Crippen LogP contribution in [0.3, 0.4) is 0 Å². The SMILES string of the molecule is O=C(Oc1ccc(Br)cc1C=NNC(=O)c1[nH]c2ccccc2c1-c1ccccc1)c1cccc(C(F)(F)F)c1. The van der Waals surface area contributed by atoms with Crippen molar-refractivity contribution in [1.82, 2.24) is 10.4 Å². The highest BCUT2D eigenvalue weighted by Crippen LogP contribution is 2.33. The molecule has 0 unspecified atom stereocenters. The van der Waals surface area contributed by atoms with Gasteiger partial charge in [-0.25, -0.2) is 10.2 Å². The molecule has 40 heavy (non-hydrogen) atoms. The third-order valence-electron chi connectivity index (χ3n) is 5.97. The van der Waals surface area contributed by atoms with E-state index in [0.29, 0.717) is 15.7 Å². The maximum atomic E-state index is 13.2. The number of hydrazone groups is 1. The largest absolute Gasteiger partial charge is 0.422 e. The van der Waals surface area contributed by atoms with Crippen LogP contribution in [0.4, 0.5) is 13.2 Å². The van der Waals surface area contributed by atoms with Gasteiger partial charge in [-0.1, -0.05) is 70.5 Å². The van der Waals surface area contributed by atoms with Crippen LogP contribution >= 0.6 is 15.9 Å². The summed E-state index contributed by atoms with van der Waals surface area (Å²) in [6.45, 7) is 0. The number of nitrogens with zero attached hydrogens (tertiary/aromatic N) is 1. The first-order valence-corrected chi connectivity index (χ1v) is 12.7. The lowest BCUT2D eigenvalue weighted by Gasteiger charge is -2.10. The van der Waals surface area contributed by atoms with Gasteiger partial charge in [-0.2, -0.15) is 18.3 Å². The number of halogens is 4. The fourth-order valence-corrected chi connectivity index (χ4v) is 4.51. The van der Waals surface area contributed by atoms with E-state index in [0.717, 1.165) is 40.2 Å². The van der Waals surface area contributed by atoms with Crippen LogP contribution in [0.2, 0.25) is 0 Å². The van der Waals surface area contributed by atoms with Gasteiger partial charge in [0.15, 0.2) is 0 Å². The van der Waals surface area contributed by atoms with Gasteiger partial charge in [0, 0.05) is 26.5 Å². The number of fused-ring (bicyclic) bond motifs is 1. The first-order chi connectivity index (χ1) is 19.2. The molecule has 5 aromatic rings. The van der Waals surface area contributed by atoms with Gasteiger partial charge in [-0.3, -0.25) is 4.79 Å². The first kappa shape index (κ1) is 26.9. The smallest absolute Gasteiger partial charge is 0.416 e. The third-order valence-corrected chi connectivity index (χ3v) is 6.46. The molecule has 0 bridgehead atoms. The number of aromatic amines is 1. The van der Waals surface area contributed by atoms with E-state index in [-0.39, 0.29) is 11.3 Å². The van der Waals surface area contributed by atoms with Gasteiger partial charge in [0.05, 0.1) is 17.3 Å². The molecule has 0 saturated carbocycles. The fourth-order valence-electron chi connectivity index (χ4n) is 4.13. The Balaban J connectivity index is 1.38. The van der Waals surface area contributed by atoms with E-state index in [1.807, 2.05) is 54.6 Å². The van der Waals surface area contributed by atoms with Crippen LogP contribution in [0.5, 0.6) is 5.75 Å². The van der Waals surface area contributed by atoms with Gasteiger partial charge in [-0.15, -0.1) is 0 Å². The Morgan fingerprint density at radius 3 is 2.42 bits per heavy atom. The zero-order valence-corrected chi connectivity index (χ0v) is 22.1. The van der Waals surface area contributed by atoms with Crippen molar-refractivity contribution in [2.45, 2.75) is 6.18 Å². The molecule has 1 heterocycles. The molecular formula is C30H19BrF3N3O3. The molecule has 0 aliphatic carbocycles. The summed E-state index contributed by atoms with van der Waals surface area (Å²) < 4.78 is 45.2. The lowest BCUT2D eigenvalue weighted by atomic mass is 10.0. The summed E-state index contributed by atoms with van der Waals surface area (Å²) in [5, 5.41) is 4.92. The Morgan fingerprint density at radius 1 is 0.900 bits per heavy atom. The molecule has 0 radical (unpaired) electrons. The topological polar surface area (TPSA) is 83.5 Å². The second-order valence-corrected chi connectivity index (χ2v) is 9.55. The number of aromatic nitrogens is 1. The molecule has 5 rings (SSSR count). The van der Waals surface area contributed by atoms with Crippen LogP contribution in [0.15, 0.2) is 107 Å². The number of ether oxygens (including phenoxy) is 1. The van der Waals surface area contributed by atoms with Crippen molar-refractivity contribution in [2.24, 2.45) is 5.10 Å². The van der Waals surface area contributed by atoms with Gasteiger partial charge in [0.1, 0.15) is 11.4 Å². The number of para-hydroxylation sites is 1. The summed E-state index contributed by atoms with van der Waals surface area (Å²) in [7, 11) is 0. The van der Waals surface area contributed by atoms with Gasteiger partial charge in [0.25, 0.3) is 5.91 Å². The predicted octanol–water partition coefficient (Wildman–Crippen LogP) is 7.60. The second-order valence-electron chi connectivity index (χ2n) is 8.64. The monoisotopic (exact) mass is 605 g/mol. The van der Waals surface area contributed by atoms with Gasteiger partial charge in [-0.05, 0) is 48.0 Å². The molecule has 0 saturated heterocycles. The molecule has 200 valence electrons. The first-order valence-electron chi connectivity index (χ1n) is 11.9. The molecule has 6 nitrogen and oxygen atoms in total. The number of alkyl halides is 3. The molecule has 0 spiro atoms. The number of carbonyl (C=O) groups is 2.